The van der Waals surface area contributed by atoms with E-state index in [0.717, 1.165) is 51.4 Å². The van der Waals surface area contributed by atoms with Crippen LogP contribution in [0.1, 0.15) is 98.8 Å². The van der Waals surface area contributed by atoms with Crippen LogP contribution in [0.5, 0.6) is 0 Å². The molecule has 5 N–H and O–H groups in total. The van der Waals surface area contributed by atoms with E-state index in [1.165, 1.54) is 12.1 Å². The van der Waals surface area contributed by atoms with Crippen molar-refractivity contribution < 1.29 is 37.1 Å². The van der Waals surface area contributed by atoms with Crippen molar-refractivity contribution in [2.75, 3.05) is 45.2 Å². The molecule has 2 aliphatic heterocycles. The molecule has 0 bridgehead atoms. The van der Waals surface area contributed by atoms with Gasteiger partial charge in [0.2, 0.25) is 17.7 Å². The number of hydrogen-bond donors (Lipinski definition) is 5. The van der Waals surface area contributed by atoms with Gasteiger partial charge in [0.05, 0.1) is 18.9 Å². The van der Waals surface area contributed by atoms with Crippen LogP contribution in [-0.4, -0.2) is 111 Å². The predicted molar refractivity (Wildman–Crippen MR) is 226 cm³/mol. The highest BCUT2D eigenvalue weighted by molar-refractivity contribution is 7.90. The molecule has 6 fully saturated rings. The van der Waals surface area contributed by atoms with Crippen molar-refractivity contribution in [1.82, 2.24) is 30.5 Å². The molecule has 60 heavy (non-hydrogen) atoms. The second-order valence-corrected chi connectivity index (χ2v) is 21.4. The van der Waals surface area contributed by atoms with Crippen LogP contribution in [-0.2, 0) is 33.9 Å². The van der Waals surface area contributed by atoms with Crippen LogP contribution < -0.4 is 26.0 Å². The summed E-state index contributed by atoms with van der Waals surface area (Å²) in [6.45, 7) is 15.9. The Morgan fingerprint density at radius 2 is 1.58 bits per heavy atom. The largest absolute Gasteiger partial charge is 0.387 e. The normalized spacial score (nSPS) is 29.1. The van der Waals surface area contributed by atoms with Crippen molar-refractivity contribution in [2.45, 2.75) is 127 Å². The average Bonchev–Trinajstić information content (AvgIpc) is 3.93. The first-order valence-corrected chi connectivity index (χ1v) is 23.3. The molecule has 1 aromatic carbocycles. The number of rotatable bonds is 12. The number of para-hydroxylation sites is 1. The highest BCUT2D eigenvalue weighted by atomic mass is 32.2. The standard InChI is InChI=1S/C44H65N7O8S/c1-8-29-25-44(29,38(55)49-60(57,58)32-18-13-12-17-30(32)45-7)48-35(52)31-26-43(41(5,6)42(43)19-14-20-42)27-51(31)37(54)34(40(2,3)4)47-39(56)46-33(28-15-10-9-11-16-28)36(53)50-21-23-59-24-22-50/h8,12-13,17-18,28-29,31,33-34,45H,1,9-11,14-16,19-27H2,2-7H3,(H,48,52)(H,49,55)(H2,46,47,56)/t29-,31+,33+,34-,43-,44-/m1/s1. The van der Waals surface area contributed by atoms with E-state index in [-0.39, 0.29) is 39.4 Å². The summed E-state index contributed by atoms with van der Waals surface area (Å²) < 4.78 is 34.8. The zero-order valence-corrected chi connectivity index (χ0v) is 37.0. The van der Waals surface area contributed by atoms with Gasteiger partial charge in [0.15, 0.2) is 0 Å². The van der Waals surface area contributed by atoms with Crippen LogP contribution in [0.25, 0.3) is 0 Å². The molecule has 7 rings (SSSR count). The molecule has 2 spiro atoms. The van der Waals surface area contributed by atoms with Crippen molar-refractivity contribution in [1.29, 1.82) is 0 Å². The number of urea groups is 1. The fourth-order valence-electron chi connectivity index (χ4n) is 11.5. The number of nitrogens with one attached hydrogen (secondary N) is 5. The second-order valence-electron chi connectivity index (χ2n) is 19.7. The summed E-state index contributed by atoms with van der Waals surface area (Å²) >= 11 is 0. The van der Waals surface area contributed by atoms with Crippen LogP contribution in [0.4, 0.5) is 10.5 Å². The van der Waals surface area contributed by atoms with Crippen molar-refractivity contribution >= 4 is 45.4 Å². The highest BCUT2D eigenvalue weighted by Crippen LogP contribution is 2.88. The van der Waals surface area contributed by atoms with Gasteiger partial charge in [0.25, 0.3) is 15.9 Å². The van der Waals surface area contributed by atoms with Crippen LogP contribution in [0.3, 0.4) is 0 Å². The third-order valence-electron chi connectivity index (χ3n) is 15.5. The molecule has 4 saturated carbocycles. The first-order valence-electron chi connectivity index (χ1n) is 21.8. The van der Waals surface area contributed by atoms with Crippen molar-refractivity contribution in [3.8, 4) is 0 Å². The maximum absolute atomic E-state index is 15.1. The molecule has 2 saturated heterocycles. The van der Waals surface area contributed by atoms with Gasteiger partial charge in [-0.1, -0.05) is 78.5 Å². The molecule has 6 aliphatic rings. The molecular formula is C44H65N7O8S. The predicted octanol–water partition coefficient (Wildman–Crippen LogP) is 3.91. The summed E-state index contributed by atoms with van der Waals surface area (Å²) in [7, 11) is -2.77. The SMILES string of the molecule is C=C[C@@H]1C[C@]1(NC(=O)[C@@H]1C[C@@]2(CN1C(=O)[C@@H](NC(=O)N[C@H](C(=O)N1CCOCC1)C1CCCCC1)C(C)(C)C)C(C)(C)C21CCC1)C(=O)NS(=O)(=O)c1ccccc1NC. The Hall–Kier alpha value is -4.18. The number of anilines is 1. The zero-order valence-electron chi connectivity index (χ0n) is 36.2. The van der Waals surface area contributed by atoms with Gasteiger partial charge < -0.3 is 35.8 Å². The van der Waals surface area contributed by atoms with Gasteiger partial charge in [-0.2, -0.15) is 0 Å². The quantitative estimate of drug-likeness (QED) is 0.194. The number of carbonyl (C=O) groups excluding carboxylic acids is 5. The van der Waals surface area contributed by atoms with Crippen molar-refractivity contribution in [3.63, 3.8) is 0 Å². The molecule has 0 radical (unpaired) electrons. The lowest BCUT2D eigenvalue weighted by Gasteiger charge is -2.38. The van der Waals surface area contributed by atoms with E-state index in [4.69, 9.17) is 4.74 Å². The van der Waals surface area contributed by atoms with Crippen LogP contribution in [0, 0.1) is 33.5 Å². The number of likely N-dealkylation sites (tertiary alicyclic amines) is 1. The van der Waals surface area contributed by atoms with Gasteiger partial charge in [-0.15, -0.1) is 6.58 Å². The monoisotopic (exact) mass is 851 g/mol. The zero-order chi connectivity index (χ0) is 43.5. The Morgan fingerprint density at radius 1 is 0.917 bits per heavy atom. The minimum absolute atomic E-state index is 0.0368. The van der Waals surface area contributed by atoms with E-state index in [1.54, 1.807) is 35.0 Å². The number of ether oxygens (including phenoxy) is 1. The summed E-state index contributed by atoms with van der Waals surface area (Å²) in [6, 6.07) is 2.74. The number of fused-ring (bicyclic) bond motifs is 1. The Bertz CT molecular complexity index is 2000. The molecule has 330 valence electrons. The van der Waals surface area contributed by atoms with E-state index in [2.05, 4.69) is 46.4 Å². The lowest BCUT2D eigenvalue weighted by atomic mass is 9.73. The number of carbonyl (C=O) groups is 5. The summed E-state index contributed by atoms with van der Waals surface area (Å²) in [5, 5.41) is 11.7. The number of nitrogens with zero attached hydrogens (tertiary/aromatic N) is 2. The molecule has 0 unspecified atom stereocenters. The third kappa shape index (κ3) is 7.36. The second kappa shape index (κ2) is 15.9. The lowest BCUT2D eigenvalue weighted by molar-refractivity contribution is -0.142. The maximum Gasteiger partial charge on any atom is 0.316 e. The van der Waals surface area contributed by atoms with E-state index in [1.807, 2.05) is 20.8 Å². The van der Waals surface area contributed by atoms with Gasteiger partial charge in [-0.3, -0.25) is 19.2 Å². The first kappa shape index (κ1) is 43.9. The summed E-state index contributed by atoms with van der Waals surface area (Å²) in [6.07, 6.45) is 9.70. The first-order chi connectivity index (χ1) is 28.3. The molecule has 16 heteroatoms. The topological polar surface area (TPSA) is 195 Å². The van der Waals surface area contributed by atoms with Crippen LogP contribution >= 0.6 is 0 Å². The molecule has 2 heterocycles. The fourth-order valence-corrected chi connectivity index (χ4v) is 12.8. The Labute approximate surface area is 355 Å². The van der Waals surface area contributed by atoms with E-state index in [0.29, 0.717) is 45.0 Å². The van der Waals surface area contributed by atoms with E-state index in [9.17, 15) is 27.6 Å². The molecule has 0 aromatic heterocycles. The minimum Gasteiger partial charge on any atom is -0.387 e. The third-order valence-corrected chi connectivity index (χ3v) is 16.9. The Kier molecular flexibility index (Phi) is 11.7. The van der Waals surface area contributed by atoms with Crippen LogP contribution in [0.2, 0.25) is 0 Å². The van der Waals surface area contributed by atoms with Crippen molar-refractivity contribution in [2.24, 2.45) is 33.5 Å². The smallest absolute Gasteiger partial charge is 0.316 e. The number of hydrogen-bond acceptors (Lipinski definition) is 9. The van der Waals surface area contributed by atoms with Gasteiger partial charge in [-0.25, -0.2) is 17.9 Å². The fraction of sp³-hybridized carbons (Fsp3) is 0.705. The van der Waals surface area contributed by atoms with E-state index < -0.39 is 68.8 Å². The highest BCUT2D eigenvalue weighted by Gasteiger charge is 2.85. The molecule has 1 aromatic rings. The van der Waals surface area contributed by atoms with Crippen LogP contribution in [0.15, 0.2) is 41.8 Å². The van der Waals surface area contributed by atoms with Gasteiger partial charge in [0.1, 0.15) is 28.6 Å². The summed E-state index contributed by atoms with van der Waals surface area (Å²) in [5.41, 5.74) is -2.69. The molecule has 6 atom stereocenters. The summed E-state index contributed by atoms with van der Waals surface area (Å²) in [5.74, 6) is -2.60. The molecular weight excluding hydrogens is 787 g/mol. The maximum atomic E-state index is 15.1. The lowest BCUT2D eigenvalue weighted by Crippen LogP contribution is -2.62. The number of sulfonamides is 1. The Balaban J connectivity index is 1.14. The van der Waals surface area contributed by atoms with Gasteiger partial charge in [-0.05, 0) is 72.8 Å². The Morgan fingerprint density at radius 3 is 2.15 bits per heavy atom. The molecule has 6 amide bonds. The molecule has 15 nitrogen and oxygen atoms in total. The van der Waals surface area contributed by atoms with Gasteiger partial charge >= 0.3 is 6.03 Å². The minimum atomic E-state index is -4.35. The van der Waals surface area contributed by atoms with E-state index >= 15 is 4.79 Å². The average molecular weight is 852 g/mol. The number of morpholine rings is 1. The number of amides is 6. The summed E-state index contributed by atoms with van der Waals surface area (Å²) in [4.78, 5) is 75.2. The van der Waals surface area contributed by atoms with Gasteiger partial charge in [0, 0.05) is 38.0 Å². The number of benzene rings is 1. The molecule has 4 aliphatic carbocycles. The van der Waals surface area contributed by atoms with Crippen molar-refractivity contribution in [3.05, 3.63) is 36.9 Å².